The standard InChI is InChI=1S/C19H32N3/c1-2-3-13-22(14-5-4-6-15-22)19-11-12-21(16-19)18-9-7-17(20)8-10-18/h7-10,19H,2-6,11-16,20H2,1H3/q+1. The number of unbranched alkanes of at least 4 members (excludes halogenated alkanes) is 1. The van der Waals surface area contributed by atoms with Crippen molar-refractivity contribution < 1.29 is 4.48 Å². The molecular formula is C19H32N3+. The van der Waals surface area contributed by atoms with Crippen LogP contribution in [0.3, 0.4) is 0 Å². The fourth-order valence-electron chi connectivity index (χ4n) is 4.49. The highest BCUT2D eigenvalue weighted by molar-refractivity contribution is 5.53. The van der Waals surface area contributed by atoms with Gasteiger partial charge in [0.1, 0.15) is 6.04 Å². The molecule has 22 heavy (non-hydrogen) atoms. The van der Waals surface area contributed by atoms with Crippen molar-refractivity contribution in [2.24, 2.45) is 0 Å². The second kappa shape index (κ2) is 6.91. The average Bonchev–Trinajstić information content (AvgIpc) is 3.05. The maximum Gasteiger partial charge on any atom is 0.108 e. The van der Waals surface area contributed by atoms with Gasteiger partial charge in [-0.2, -0.15) is 0 Å². The fraction of sp³-hybridized carbons (Fsp3) is 0.684. The molecule has 3 nitrogen and oxygen atoms in total. The summed E-state index contributed by atoms with van der Waals surface area (Å²) in [6.07, 6.45) is 8.38. The molecule has 2 aliphatic rings. The van der Waals surface area contributed by atoms with Gasteiger partial charge in [0, 0.05) is 24.3 Å². The molecule has 0 radical (unpaired) electrons. The molecule has 1 unspecified atom stereocenters. The Labute approximate surface area is 135 Å². The highest BCUT2D eigenvalue weighted by Crippen LogP contribution is 2.31. The van der Waals surface area contributed by atoms with Crippen LogP contribution in [0.25, 0.3) is 0 Å². The van der Waals surface area contributed by atoms with Gasteiger partial charge in [0.15, 0.2) is 0 Å². The van der Waals surface area contributed by atoms with Crippen LogP contribution in [0.2, 0.25) is 0 Å². The van der Waals surface area contributed by atoms with Gasteiger partial charge < -0.3 is 15.1 Å². The maximum absolute atomic E-state index is 5.82. The van der Waals surface area contributed by atoms with Crippen molar-refractivity contribution in [3.8, 4) is 0 Å². The van der Waals surface area contributed by atoms with E-state index in [0.29, 0.717) is 0 Å². The summed E-state index contributed by atoms with van der Waals surface area (Å²) in [6, 6.07) is 9.27. The summed E-state index contributed by atoms with van der Waals surface area (Å²) >= 11 is 0. The summed E-state index contributed by atoms with van der Waals surface area (Å²) in [5, 5.41) is 0. The molecule has 0 spiro atoms. The van der Waals surface area contributed by atoms with E-state index in [-0.39, 0.29) is 0 Å². The number of hydrogen-bond donors (Lipinski definition) is 1. The number of likely N-dealkylation sites (tertiary alicyclic amines) is 1. The van der Waals surface area contributed by atoms with Crippen LogP contribution in [0.5, 0.6) is 0 Å². The van der Waals surface area contributed by atoms with Crippen molar-refractivity contribution >= 4 is 11.4 Å². The normalized spacial score (nSPS) is 24.6. The van der Waals surface area contributed by atoms with Crippen molar-refractivity contribution in [2.75, 3.05) is 43.4 Å². The van der Waals surface area contributed by atoms with Crippen molar-refractivity contribution in [3.05, 3.63) is 24.3 Å². The smallest absolute Gasteiger partial charge is 0.108 e. The number of nitrogen functional groups attached to an aromatic ring is 1. The summed E-state index contributed by atoms with van der Waals surface area (Å²) in [4.78, 5) is 2.57. The fourth-order valence-corrected chi connectivity index (χ4v) is 4.49. The highest BCUT2D eigenvalue weighted by atomic mass is 15.4. The van der Waals surface area contributed by atoms with E-state index in [9.17, 15) is 0 Å². The van der Waals surface area contributed by atoms with Gasteiger partial charge in [-0.05, 0) is 49.9 Å². The van der Waals surface area contributed by atoms with Gasteiger partial charge in [0.25, 0.3) is 0 Å². The van der Waals surface area contributed by atoms with Gasteiger partial charge in [0.2, 0.25) is 0 Å². The van der Waals surface area contributed by atoms with E-state index in [4.69, 9.17) is 5.73 Å². The van der Waals surface area contributed by atoms with E-state index in [1.54, 1.807) is 0 Å². The van der Waals surface area contributed by atoms with Crippen LogP contribution in [0.4, 0.5) is 11.4 Å². The Bertz CT molecular complexity index is 462. The number of hydrogen-bond acceptors (Lipinski definition) is 2. The zero-order chi connectivity index (χ0) is 15.4. The monoisotopic (exact) mass is 302 g/mol. The largest absolute Gasteiger partial charge is 0.399 e. The number of nitrogens with zero attached hydrogens (tertiary/aromatic N) is 2. The van der Waals surface area contributed by atoms with Crippen LogP contribution < -0.4 is 10.6 Å². The minimum Gasteiger partial charge on any atom is -0.399 e. The van der Waals surface area contributed by atoms with Gasteiger partial charge in [0.05, 0.1) is 26.2 Å². The van der Waals surface area contributed by atoms with E-state index in [0.717, 1.165) is 11.7 Å². The second-order valence-corrected chi connectivity index (χ2v) is 7.28. The maximum atomic E-state index is 5.82. The third-order valence-electron chi connectivity index (χ3n) is 5.86. The Balaban J connectivity index is 1.69. The Hall–Kier alpha value is -1.22. The van der Waals surface area contributed by atoms with E-state index >= 15 is 0 Å². The average molecular weight is 302 g/mol. The Morgan fingerprint density at radius 2 is 1.86 bits per heavy atom. The SMILES string of the molecule is CCCC[N+]1(C2CCN(c3ccc(N)cc3)C2)CCCCC1. The van der Waals surface area contributed by atoms with Crippen LogP contribution in [0, 0.1) is 0 Å². The molecule has 1 aromatic rings. The number of quaternary nitrogens is 1. The Kier molecular flexibility index (Phi) is 4.92. The molecule has 2 heterocycles. The molecule has 0 aliphatic carbocycles. The van der Waals surface area contributed by atoms with Crippen LogP contribution in [0.1, 0.15) is 45.4 Å². The highest BCUT2D eigenvalue weighted by Gasteiger charge is 2.41. The van der Waals surface area contributed by atoms with Gasteiger partial charge >= 0.3 is 0 Å². The lowest BCUT2D eigenvalue weighted by molar-refractivity contribution is -0.953. The molecule has 3 heteroatoms. The van der Waals surface area contributed by atoms with Crippen LogP contribution >= 0.6 is 0 Å². The molecule has 3 rings (SSSR count). The molecule has 2 saturated heterocycles. The molecule has 0 saturated carbocycles. The van der Waals surface area contributed by atoms with Crippen molar-refractivity contribution in [2.45, 2.75) is 51.5 Å². The first-order valence-electron chi connectivity index (χ1n) is 9.20. The third-order valence-corrected chi connectivity index (χ3v) is 5.86. The summed E-state index contributed by atoms with van der Waals surface area (Å²) in [6.45, 7) is 9.00. The zero-order valence-corrected chi connectivity index (χ0v) is 14.1. The van der Waals surface area contributed by atoms with Crippen LogP contribution in [0.15, 0.2) is 24.3 Å². The quantitative estimate of drug-likeness (QED) is 0.664. The molecule has 1 atom stereocenters. The summed E-state index contributed by atoms with van der Waals surface area (Å²) in [5.41, 5.74) is 8.04. The summed E-state index contributed by atoms with van der Waals surface area (Å²) in [5.74, 6) is 0. The first-order chi connectivity index (χ1) is 10.7. The molecule has 2 aliphatic heterocycles. The van der Waals surface area contributed by atoms with E-state index in [1.165, 1.54) is 81.4 Å². The second-order valence-electron chi connectivity index (χ2n) is 7.28. The Morgan fingerprint density at radius 3 is 2.55 bits per heavy atom. The molecule has 2 fully saturated rings. The molecule has 0 bridgehead atoms. The summed E-state index contributed by atoms with van der Waals surface area (Å²) < 4.78 is 1.40. The van der Waals surface area contributed by atoms with Crippen molar-refractivity contribution in [3.63, 3.8) is 0 Å². The first-order valence-corrected chi connectivity index (χ1v) is 9.20. The predicted molar refractivity (Wildman–Crippen MR) is 95.1 cm³/mol. The first kappa shape index (κ1) is 15.7. The number of rotatable bonds is 5. The minimum atomic E-state index is 0.837. The zero-order valence-electron chi connectivity index (χ0n) is 14.1. The van der Waals surface area contributed by atoms with E-state index < -0.39 is 0 Å². The number of nitrogens with two attached hydrogens (primary N) is 1. The van der Waals surface area contributed by atoms with Crippen molar-refractivity contribution in [1.82, 2.24) is 0 Å². The molecular weight excluding hydrogens is 270 g/mol. The topological polar surface area (TPSA) is 29.3 Å². The molecule has 122 valence electrons. The number of piperidine rings is 1. The van der Waals surface area contributed by atoms with Crippen LogP contribution in [-0.4, -0.2) is 43.2 Å². The van der Waals surface area contributed by atoms with Gasteiger partial charge in [-0.15, -0.1) is 0 Å². The van der Waals surface area contributed by atoms with Crippen molar-refractivity contribution in [1.29, 1.82) is 0 Å². The lowest BCUT2D eigenvalue weighted by atomic mass is 10.0. The predicted octanol–water partition coefficient (Wildman–Crippen LogP) is 3.65. The summed E-state index contributed by atoms with van der Waals surface area (Å²) in [7, 11) is 0. The lowest BCUT2D eigenvalue weighted by Crippen LogP contribution is -2.59. The van der Waals surface area contributed by atoms with E-state index in [2.05, 4.69) is 24.0 Å². The number of anilines is 2. The molecule has 1 aromatic carbocycles. The molecule has 0 aromatic heterocycles. The van der Waals surface area contributed by atoms with Gasteiger partial charge in [-0.25, -0.2) is 0 Å². The van der Waals surface area contributed by atoms with Crippen LogP contribution in [-0.2, 0) is 0 Å². The van der Waals surface area contributed by atoms with E-state index in [1.807, 2.05) is 12.1 Å². The van der Waals surface area contributed by atoms with Gasteiger partial charge in [-0.3, -0.25) is 0 Å². The Morgan fingerprint density at radius 1 is 1.14 bits per heavy atom. The number of benzene rings is 1. The molecule has 2 N–H and O–H groups in total. The molecule has 0 amide bonds. The van der Waals surface area contributed by atoms with Gasteiger partial charge in [-0.1, -0.05) is 13.3 Å². The lowest BCUT2D eigenvalue weighted by Gasteiger charge is -2.46. The third kappa shape index (κ3) is 3.24. The minimum absolute atomic E-state index is 0.837.